The minimum absolute atomic E-state index is 0.202. The minimum Gasteiger partial charge on any atom is -0.480 e. The van der Waals surface area contributed by atoms with Crippen molar-refractivity contribution in [2.45, 2.75) is 6.61 Å². The van der Waals surface area contributed by atoms with Crippen LogP contribution >= 0.6 is 0 Å². The lowest BCUT2D eigenvalue weighted by Gasteiger charge is -2.01. The lowest BCUT2D eigenvalue weighted by Crippen LogP contribution is -2.07. The molecule has 0 saturated carbocycles. The first-order chi connectivity index (χ1) is 6.72. The van der Waals surface area contributed by atoms with Gasteiger partial charge in [-0.1, -0.05) is 12.6 Å². The molecular formula is C10H11NO3. The average Bonchev–Trinajstić information content (AvgIpc) is 2.18. The summed E-state index contributed by atoms with van der Waals surface area (Å²) >= 11 is 0. The van der Waals surface area contributed by atoms with Gasteiger partial charge < -0.3 is 9.84 Å². The van der Waals surface area contributed by atoms with E-state index in [1.807, 2.05) is 12.1 Å². The van der Waals surface area contributed by atoms with E-state index in [1.165, 1.54) is 0 Å². The van der Waals surface area contributed by atoms with Crippen LogP contribution in [0, 0.1) is 0 Å². The monoisotopic (exact) mass is 193 g/mol. The van der Waals surface area contributed by atoms with Crippen molar-refractivity contribution in [2.75, 3.05) is 6.61 Å². The largest absolute Gasteiger partial charge is 0.480 e. The van der Waals surface area contributed by atoms with Crippen LogP contribution in [0.2, 0.25) is 0 Å². The fraction of sp³-hybridized carbons (Fsp3) is 0.200. The number of rotatable bonds is 5. The number of nitrogens with zero attached hydrogens (tertiary/aromatic N) is 1. The van der Waals surface area contributed by atoms with Crippen molar-refractivity contribution < 1.29 is 14.6 Å². The number of carboxylic acid groups (broad SMARTS) is 1. The van der Waals surface area contributed by atoms with E-state index in [9.17, 15) is 4.79 Å². The molecule has 0 radical (unpaired) electrons. The third-order valence-corrected chi connectivity index (χ3v) is 1.51. The van der Waals surface area contributed by atoms with Gasteiger partial charge in [0.1, 0.15) is 6.61 Å². The number of aliphatic carboxylic acids is 1. The number of ether oxygens (including phenoxy) is 1. The first-order valence-corrected chi connectivity index (χ1v) is 4.10. The van der Waals surface area contributed by atoms with Crippen molar-refractivity contribution in [3.8, 4) is 0 Å². The zero-order chi connectivity index (χ0) is 10.4. The molecule has 1 N–H and O–H groups in total. The average molecular weight is 193 g/mol. The van der Waals surface area contributed by atoms with Gasteiger partial charge in [0.2, 0.25) is 0 Å². The topological polar surface area (TPSA) is 59.4 Å². The highest BCUT2D eigenvalue weighted by atomic mass is 16.5. The summed E-state index contributed by atoms with van der Waals surface area (Å²) < 4.78 is 4.88. The summed E-state index contributed by atoms with van der Waals surface area (Å²) in [6.45, 7) is 3.48. The maximum Gasteiger partial charge on any atom is 0.329 e. The van der Waals surface area contributed by atoms with Gasteiger partial charge in [0.25, 0.3) is 0 Å². The first-order valence-electron chi connectivity index (χ1n) is 4.10. The van der Waals surface area contributed by atoms with Crippen molar-refractivity contribution >= 4 is 12.0 Å². The van der Waals surface area contributed by atoms with Gasteiger partial charge in [0.15, 0.2) is 0 Å². The molecule has 0 unspecified atom stereocenters. The second kappa shape index (κ2) is 5.14. The molecule has 0 atom stereocenters. The molecule has 4 heteroatoms. The Hall–Kier alpha value is -1.68. The van der Waals surface area contributed by atoms with Crippen LogP contribution in [0.15, 0.2) is 24.8 Å². The Balaban J connectivity index is 2.50. The summed E-state index contributed by atoms with van der Waals surface area (Å²) in [4.78, 5) is 14.3. The van der Waals surface area contributed by atoms with Gasteiger partial charge in [-0.05, 0) is 18.2 Å². The van der Waals surface area contributed by atoms with Gasteiger partial charge in [0.05, 0.1) is 18.0 Å². The molecule has 74 valence electrons. The van der Waals surface area contributed by atoms with Crippen molar-refractivity contribution in [1.29, 1.82) is 0 Å². The molecule has 1 aromatic heterocycles. The van der Waals surface area contributed by atoms with Crippen LogP contribution in [0.4, 0.5) is 0 Å². The fourth-order valence-electron chi connectivity index (χ4n) is 0.935. The summed E-state index contributed by atoms with van der Waals surface area (Å²) in [7, 11) is 0. The summed E-state index contributed by atoms with van der Waals surface area (Å²) in [5.74, 6) is -0.982. The third-order valence-electron chi connectivity index (χ3n) is 1.51. The van der Waals surface area contributed by atoms with Gasteiger partial charge in [-0.3, -0.25) is 4.98 Å². The molecule has 0 amide bonds. The molecule has 0 fully saturated rings. The Labute approximate surface area is 81.9 Å². The van der Waals surface area contributed by atoms with Gasteiger partial charge in [0, 0.05) is 0 Å². The van der Waals surface area contributed by atoms with E-state index in [0.29, 0.717) is 5.69 Å². The highest BCUT2D eigenvalue weighted by molar-refractivity contribution is 5.67. The van der Waals surface area contributed by atoms with Gasteiger partial charge in [-0.15, -0.1) is 0 Å². The highest BCUT2D eigenvalue weighted by Crippen LogP contribution is 2.01. The molecule has 1 aromatic rings. The van der Waals surface area contributed by atoms with Crippen LogP contribution in [0.1, 0.15) is 11.4 Å². The molecule has 0 aliphatic carbocycles. The number of hydrogen-bond donors (Lipinski definition) is 1. The number of hydrogen-bond acceptors (Lipinski definition) is 3. The maximum absolute atomic E-state index is 10.2. The van der Waals surface area contributed by atoms with Crippen molar-refractivity contribution in [3.63, 3.8) is 0 Å². The normalized spacial score (nSPS) is 9.71. The maximum atomic E-state index is 10.2. The number of carbonyl (C=O) groups is 1. The summed E-state index contributed by atoms with van der Waals surface area (Å²) in [5, 5.41) is 8.33. The lowest BCUT2D eigenvalue weighted by atomic mass is 10.3. The standard InChI is InChI=1S/C10H11NO3/c1-2-8-4-3-5-9(11-8)6-14-7-10(12)13/h2-5H,1,6-7H2,(H,12,13). The predicted molar refractivity (Wildman–Crippen MR) is 51.6 cm³/mol. The van der Waals surface area contributed by atoms with Crippen molar-refractivity contribution in [1.82, 2.24) is 4.98 Å². The molecule has 0 aliphatic heterocycles. The zero-order valence-electron chi connectivity index (χ0n) is 7.64. The van der Waals surface area contributed by atoms with Crippen LogP contribution in [0.25, 0.3) is 6.08 Å². The summed E-state index contributed by atoms with van der Waals surface area (Å²) in [6.07, 6.45) is 1.63. The smallest absolute Gasteiger partial charge is 0.329 e. The minimum atomic E-state index is -0.982. The van der Waals surface area contributed by atoms with E-state index in [0.717, 1.165) is 5.69 Å². The van der Waals surface area contributed by atoms with Crippen molar-refractivity contribution in [3.05, 3.63) is 36.2 Å². The molecule has 1 heterocycles. The third kappa shape index (κ3) is 3.37. The van der Waals surface area contributed by atoms with Gasteiger partial charge in [-0.25, -0.2) is 4.79 Å². The van der Waals surface area contributed by atoms with Gasteiger partial charge >= 0.3 is 5.97 Å². The predicted octanol–water partition coefficient (Wildman–Crippen LogP) is 1.33. The van der Waals surface area contributed by atoms with Crippen molar-refractivity contribution in [2.24, 2.45) is 0 Å². The highest BCUT2D eigenvalue weighted by Gasteiger charge is 1.98. The molecule has 0 saturated heterocycles. The van der Waals surface area contributed by atoms with E-state index in [4.69, 9.17) is 9.84 Å². The molecular weight excluding hydrogens is 182 g/mol. The van der Waals surface area contributed by atoms with E-state index >= 15 is 0 Å². The second-order valence-electron chi connectivity index (χ2n) is 2.64. The molecule has 14 heavy (non-hydrogen) atoms. The summed E-state index contributed by atoms with van der Waals surface area (Å²) in [5.41, 5.74) is 1.45. The molecule has 1 rings (SSSR count). The van der Waals surface area contributed by atoms with E-state index in [1.54, 1.807) is 12.1 Å². The number of pyridine rings is 1. The Morgan fingerprint density at radius 1 is 1.64 bits per heavy atom. The van der Waals surface area contributed by atoms with Crippen LogP contribution in [0.5, 0.6) is 0 Å². The quantitative estimate of drug-likeness (QED) is 0.766. The molecule has 0 aliphatic rings. The van der Waals surface area contributed by atoms with Crippen LogP contribution in [0.3, 0.4) is 0 Å². The Kier molecular flexibility index (Phi) is 3.82. The second-order valence-corrected chi connectivity index (χ2v) is 2.64. The number of aromatic nitrogens is 1. The zero-order valence-corrected chi connectivity index (χ0v) is 7.64. The van der Waals surface area contributed by atoms with Crippen LogP contribution in [-0.4, -0.2) is 22.7 Å². The Morgan fingerprint density at radius 3 is 3.07 bits per heavy atom. The van der Waals surface area contributed by atoms with Gasteiger partial charge in [-0.2, -0.15) is 0 Å². The van der Waals surface area contributed by atoms with E-state index in [2.05, 4.69) is 11.6 Å². The molecule has 0 bridgehead atoms. The first kappa shape index (κ1) is 10.4. The molecule has 4 nitrogen and oxygen atoms in total. The number of carboxylic acids is 1. The molecule has 0 spiro atoms. The summed E-state index contributed by atoms with van der Waals surface area (Å²) in [6, 6.07) is 5.41. The van der Waals surface area contributed by atoms with E-state index < -0.39 is 5.97 Å². The Morgan fingerprint density at radius 2 is 2.43 bits per heavy atom. The fourth-order valence-corrected chi connectivity index (χ4v) is 0.935. The lowest BCUT2D eigenvalue weighted by molar-refractivity contribution is -0.142. The van der Waals surface area contributed by atoms with E-state index in [-0.39, 0.29) is 13.2 Å². The van der Waals surface area contributed by atoms with Crippen LogP contribution < -0.4 is 0 Å². The van der Waals surface area contributed by atoms with Crippen LogP contribution in [-0.2, 0) is 16.1 Å². The Bertz CT molecular complexity index is 336. The SMILES string of the molecule is C=Cc1cccc(COCC(=O)O)n1. The molecule has 0 aromatic carbocycles.